The number of rotatable bonds is 6. The van der Waals surface area contributed by atoms with Crippen LogP contribution in [0.15, 0.2) is 91.1 Å². The number of benzene rings is 3. The fourth-order valence-electron chi connectivity index (χ4n) is 3.16. The SMILES string of the molecule is O=C(Cc1cccc2cccnc12)OCc1ccc(C(=O)Nc2ccccc2)cc1. The highest BCUT2D eigenvalue weighted by Gasteiger charge is 2.10. The number of ether oxygens (including phenoxy) is 1. The molecule has 1 aromatic heterocycles. The number of fused-ring (bicyclic) bond motifs is 1. The van der Waals surface area contributed by atoms with Gasteiger partial charge < -0.3 is 10.1 Å². The molecular weight excluding hydrogens is 376 g/mol. The van der Waals surface area contributed by atoms with Crippen LogP contribution < -0.4 is 5.32 Å². The summed E-state index contributed by atoms with van der Waals surface area (Å²) in [6.07, 6.45) is 1.87. The number of nitrogens with zero attached hydrogens (tertiary/aromatic N) is 1. The molecular formula is C25H20N2O3. The largest absolute Gasteiger partial charge is 0.461 e. The molecule has 0 spiro atoms. The Morgan fingerprint density at radius 2 is 1.60 bits per heavy atom. The summed E-state index contributed by atoms with van der Waals surface area (Å²) >= 11 is 0. The lowest BCUT2D eigenvalue weighted by Crippen LogP contribution is -2.12. The van der Waals surface area contributed by atoms with E-state index in [1.807, 2.05) is 60.7 Å². The predicted octanol–water partition coefficient (Wildman–Crippen LogP) is 4.77. The van der Waals surface area contributed by atoms with Gasteiger partial charge in [-0.3, -0.25) is 14.6 Å². The van der Waals surface area contributed by atoms with Crippen molar-refractivity contribution in [3.8, 4) is 0 Å². The van der Waals surface area contributed by atoms with Crippen LogP contribution in [0.5, 0.6) is 0 Å². The van der Waals surface area contributed by atoms with Crippen molar-refractivity contribution in [3.63, 3.8) is 0 Å². The fourth-order valence-corrected chi connectivity index (χ4v) is 3.16. The first-order valence-electron chi connectivity index (χ1n) is 9.62. The Morgan fingerprint density at radius 1 is 0.833 bits per heavy atom. The topological polar surface area (TPSA) is 68.3 Å². The van der Waals surface area contributed by atoms with Gasteiger partial charge in [0.2, 0.25) is 0 Å². The van der Waals surface area contributed by atoms with E-state index >= 15 is 0 Å². The van der Waals surface area contributed by atoms with Gasteiger partial charge in [0.15, 0.2) is 0 Å². The van der Waals surface area contributed by atoms with Crippen LogP contribution in [-0.4, -0.2) is 16.9 Å². The van der Waals surface area contributed by atoms with Crippen LogP contribution in [-0.2, 0) is 22.6 Å². The van der Waals surface area contributed by atoms with E-state index < -0.39 is 0 Å². The summed E-state index contributed by atoms with van der Waals surface area (Å²) in [5.41, 5.74) is 3.74. The molecule has 1 heterocycles. The molecule has 0 unspecified atom stereocenters. The lowest BCUT2D eigenvalue weighted by molar-refractivity contribution is -0.144. The highest BCUT2D eigenvalue weighted by Crippen LogP contribution is 2.17. The molecule has 5 nitrogen and oxygen atoms in total. The molecule has 0 atom stereocenters. The Kier molecular flexibility index (Phi) is 5.80. The van der Waals surface area contributed by atoms with Gasteiger partial charge in [-0.25, -0.2) is 0 Å². The number of aromatic nitrogens is 1. The Balaban J connectivity index is 1.33. The van der Waals surface area contributed by atoms with E-state index in [9.17, 15) is 9.59 Å². The minimum Gasteiger partial charge on any atom is -0.461 e. The molecule has 148 valence electrons. The van der Waals surface area contributed by atoms with Gasteiger partial charge >= 0.3 is 5.97 Å². The summed E-state index contributed by atoms with van der Waals surface area (Å²) in [6.45, 7) is 0.150. The quantitative estimate of drug-likeness (QED) is 0.477. The summed E-state index contributed by atoms with van der Waals surface area (Å²) in [5, 5.41) is 3.83. The number of hydrogen-bond acceptors (Lipinski definition) is 4. The van der Waals surface area contributed by atoms with Crippen molar-refractivity contribution < 1.29 is 14.3 Å². The molecule has 0 saturated heterocycles. The maximum atomic E-state index is 12.3. The van der Waals surface area contributed by atoms with Gasteiger partial charge in [-0.2, -0.15) is 0 Å². The van der Waals surface area contributed by atoms with Gasteiger partial charge in [0.05, 0.1) is 11.9 Å². The molecule has 4 rings (SSSR count). The number of esters is 1. The van der Waals surface area contributed by atoms with E-state index in [2.05, 4.69) is 10.3 Å². The average Bonchev–Trinajstić information content (AvgIpc) is 2.79. The molecule has 0 fully saturated rings. The van der Waals surface area contributed by atoms with Crippen LogP contribution in [0.3, 0.4) is 0 Å². The van der Waals surface area contributed by atoms with Crippen LogP contribution in [0.4, 0.5) is 5.69 Å². The smallest absolute Gasteiger partial charge is 0.310 e. The van der Waals surface area contributed by atoms with E-state index in [-0.39, 0.29) is 24.9 Å². The summed E-state index contributed by atoms with van der Waals surface area (Å²) in [4.78, 5) is 29.0. The summed E-state index contributed by atoms with van der Waals surface area (Å²) in [5.74, 6) is -0.507. The maximum absolute atomic E-state index is 12.3. The fraction of sp³-hybridized carbons (Fsp3) is 0.0800. The van der Waals surface area contributed by atoms with Crippen LogP contribution in [0.25, 0.3) is 10.9 Å². The molecule has 0 saturated carbocycles. The highest BCUT2D eigenvalue weighted by atomic mass is 16.5. The standard InChI is InChI=1S/C25H20N2O3/c28-23(16-21-7-4-6-19-8-5-15-26-24(19)21)30-17-18-11-13-20(14-12-18)25(29)27-22-9-2-1-3-10-22/h1-15H,16-17H2,(H,27,29). The molecule has 0 aliphatic heterocycles. The normalized spacial score (nSPS) is 10.5. The Morgan fingerprint density at radius 3 is 2.40 bits per heavy atom. The molecule has 1 N–H and O–H groups in total. The molecule has 0 aliphatic carbocycles. The van der Waals surface area contributed by atoms with Gasteiger partial charge in [-0.05, 0) is 41.5 Å². The molecule has 30 heavy (non-hydrogen) atoms. The first-order valence-corrected chi connectivity index (χ1v) is 9.62. The van der Waals surface area contributed by atoms with Crippen molar-refractivity contribution >= 4 is 28.5 Å². The Labute approximate surface area is 174 Å². The summed E-state index contributed by atoms with van der Waals surface area (Å²) in [7, 11) is 0. The zero-order valence-electron chi connectivity index (χ0n) is 16.2. The highest BCUT2D eigenvalue weighted by molar-refractivity contribution is 6.04. The number of pyridine rings is 1. The molecule has 0 bridgehead atoms. The van der Waals surface area contributed by atoms with Crippen LogP contribution in [0.2, 0.25) is 0 Å². The van der Waals surface area contributed by atoms with Crippen molar-refractivity contribution in [1.29, 1.82) is 0 Å². The van der Waals surface area contributed by atoms with Crippen LogP contribution in [0, 0.1) is 0 Å². The van der Waals surface area contributed by atoms with Gasteiger partial charge in [0.1, 0.15) is 6.61 Å². The summed E-state index contributed by atoms with van der Waals surface area (Å²) < 4.78 is 5.41. The third-order valence-electron chi connectivity index (χ3n) is 4.70. The number of para-hydroxylation sites is 2. The lowest BCUT2D eigenvalue weighted by atomic mass is 10.1. The van der Waals surface area contributed by atoms with Crippen molar-refractivity contribution in [3.05, 3.63) is 108 Å². The van der Waals surface area contributed by atoms with Gasteiger partial charge in [0, 0.05) is 22.8 Å². The first kappa shape index (κ1) is 19.3. The number of anilines is 1. The second-order valence-corrected chi connectivity index (χ2v) is 6.85. The number of carbonyl (C=O) groups excluding carboxylic acids is 2. The van der Waals surface area contributed by atoms with Crippen molar-refractivity contribution in [2.45, 2.75) is 13.0 Å². The van der Waals surface area contributed by atoms with E-state index in [0.717, 1.165) is 27.7 Å². The molecule has 0 radical (unpaired) electrons. The molecule has 3 aromatic carbocycles. The molecule has 0 aliphatic rings. The number of carbonyl (C=O) groups is 2. The van der Waals surface area contributed by atoms with E-state index in [1.165, 1.54) is 0 Å². The number of amides is 1. The molecule has 1 amide bonds. The minimum absolute atomic E-state index is 0.150. The second kappa shape index (κ2) is 9.01. The molecule has 5 heteroatoms. The summed E-state index contributed by atoms with van der Waals surface area (Å²) in [6, 6.07) is 25.9. The van der Waals surface area contributed by atoms with Crippen LogP contribution >= 0.6 is 0 Å². The average molecular weight is 396 g/mol. The van der Waals surface area contributed by atoms with Crippen molar-refractivity contribution in [2.75, 3.05) is 5.32 Å². The van der Waals surface area contributed by atoms with E-state index in [4.69, 9.17) is 4.74 Å². The lowest BCUT2D eigenvalue weighted by Gasteiger charge is -2.08. The third kappa shape index (κ3) is 4.70. The molecule has 4 aromatic rings. The third-order valence-corrected chi connectivity index (χ3v) is 4.70. The monoisotopic (exact) mass is 396 g/mol. The van der Waals surface area contributed by atoms with Crippen molar-refractivity contribution in [2.24, 2.45) is 0 Å². The second-order valence-electron chi connectivity index (χ2n) is 6.85. The van der Waals surface area contributed by atoms with E-state index in [0.29, 0.717) is 5.56 Å². The predicted molar refractivity (Wildman–Crippen MR) is 116 cm³/mol. The van der Waals surface area contributed by atoms with Crippen molar-refractivity contribution in [1.82, 2.24) is 4.98 Å². The Hall–Kier alpha value is -3.99. The zero-order chi connectivity index (χ0) is 20.8. The first-order chi connectivity index (χ1) is 14.7. The van der Waals surface area contributed by atoms with Gasteiger partial charge in [-0.1, -0.05) is 54.6 Å². The van der Waals surface area contributed by atoms with Gasteiger partial charge in [0.25, 0.3) is 5.91 Å². The minimum atomic E-state index is -0.320. The zero-order valence-corrected chi connectivity index (χ0v) is 16.2. The number of hydrogen-bond donors (Lipinski definition) is 1. The maximum Gasteiger partial charge on any atom is 0.310 e. The van der Waals surface area contributed by atoms with E-state index in [1.54, 1.807) is 30.5 Å². The number of nitrogens with one attached hydrogen (secondary N) is 1. The Bertz CT molecular complexity index is 1170. The van der Waals surface area contributed by atoms with Crippen LogP contribution in [0.1, 0.15) is 21.5 Å². The van der Waals surface area contributed by atoms with Gasteiger partial charge in [-0.15, -0.1) is 0 Å².